The first kappa shape index (κ1) is 21.8. The fourth-order valence-corrected chi connectivity index (χ4v) is 6.83. The normalized spacial score (nSPS) is 18.4. The Kier molecular flexibility index (Phi) is 5.54. The lowest BCUT2D eigenvalue weighted by atomic mass is 10.1. The van der Waals surface area contributed by atoms with Gasteiger partial charge in [-0.15, -0.1) is 11.3 Å². The van der Waals surface area contributed by atoms with Crippen molar-refractivity contribution in [3.8, 4) is 10.6 Å². The molecule has 33 heavy (non-hydrogen) atoms. The summed E-state index contributed by atoms with van der Waals surface area (Å²) in [6.07, 6.45) is 0.540. The minimum Gasteiger partial charge on any atom is -0.344 e. The predicted molar refractivity (Wildman–Crippen MR) is 130 cm³/mol. The van der Waals surface area contributed by atoms with Crippen molar-refractivity contribution in [1.29, 1.82) is 0 Å². The van der Waals surface area contributed by atoms with Gasteiger partial charge in [-0.2, -0.15) is 0 Å². The zero-order valence-electron chi connectivity index (χ0n) is 18.4. The molecule has 0 radical (unpaired) electrons. The number of carbonyl (C=O) groups excluding carboxylic acids is 1. The van der Waals surface area contributed by atoms with Crippen molar-refractivity contribution in [3.63, 3.8) is 0 Å². The Morgan fingerprint density at radius 2 is 1.97 bits per heavy atom. The molecule has 1 aliphatic rings. The molecule has 1 aliphatic heterocycles. The summed E-state index contributed by atoms with van der Waals surface area (Å²) in [5.74, 6) is 0.630. The van der Waals surface area contributed by atoms with Crippen LogP contribution in [0.15, 0.2) is 53.9 Å². The second-order valence-electron chi connectivity index (χ2n) is 8.39. The van der Waals surface area contributed by atoms with E-state index in [1.165, 1.54) is 0 Å². The number of hydrogen-bond donors (Lipinski definition) is 1. The molecule has 2 unspecified atom stereocenters. The zero-order valence-corrected chi connectivity index (χ0v) is 20.0. The Labute approximate surface area is 196 Å². The number of imidazole rings is 1. The van der Waals surface area contributed by atoms with Crippen molar-refractivity contribution < 1.29 is 13.2 Å². The molecule has 1 aromatic carbocycles. The van der Waals surface area contributed by atoms with Crippen LogP contribution in [-0.2, 0) is 9.84 Å². The number of rotatable bonds is 5. The molecular weight excluding hydrogens is 456 g/mol. The quantitative estimate of drug-likeness (QED) is 0.459. The van der Waals surface area contributed by atoms with E-state index in [-0.39, 0.29) is 35.2 Å². The largest absolute Gasteiger partial charge is 0.344 e. The molecular formula is C24H24N4O3S2. The molecule has 1 saturated heterocycles. The Balaban J connectivity index is 1.62. The van der Waals surface area contributed by atoms with Crippen molar-refractivity contribution in [2.45, 2.75) is 32.4 Å². The van der Waals surface area contributed by atoms with E-state index in [1.54, 1.807) is 11.3 Å². The fourth-order valence-electron chi connectivity index (χ4n) is 4.45. The lowest BCUT2D eigenvalue weighted by Gasteiger charge is -2.16. The molecule has 2 atom stereocenters. The average Bonchev–Trinajstić information content (AvgIpc) is 3.51. The standard InChI is InChI=1S/C24H24N4O3S2/c1-15(17-7-4-3-5-8-17)25-24(29)23-22-20(13-19(27-23)21-9-6-11-32-21)28(16(2)26-22)18-10-12-33(30,31)14-18/h3-9,11,13,15,18H,10,12,14H2,1-2H3,(H,25,29). The van der Waals surface area contributed by atoms with Crippen LogP contribution >= 0.6 is 11.3 Å². The Bertz CT molecular complexity index is 1430. The number of hydrogen-bond acceptors (Lipinski definition) is 6. The van der Waals surface area contributed by atoms with Gasteiger partial charge in [0.25, 0.3) is 5.91 Å². The van der Waals surface area contributed by atoms with Crippen LogP contribution in [0.4, 0.5) is 0 Å². The number of carbonyl (C=O) groups is 1. The van der Waals surface area contributed by atoms with Crippen molar-refractivity contribution in [2.75, 3.05) is 11.5 Å². The second-order valence-corrected chi connectivity index (χ2v) is 11.6. The molecule has 4 aromatic rings. The molecule has 1 N–H and O–H groups in total. The topological polar surface area (TPSA) is 93.9 Å². The van der Waals surface area contributed by atoms with Gasteiger partial charge in [-0.3, -0.25) is 4.79 Å². The first-order valence-electron chi connectivity index (χ1n) is 10.8. The van der Waals surface area contributed by atoms with Crippen LogP contribution in [0.5, 0.6) is 0 Å². The molecule has 3 aromatic heterocycles. The highest BCUT2D eigenvalue weighted by Crippen LogP contribution is 2.33. The minimum atomic E-state index is -3.07. The number of nitrogens with one attached hydrogen (secondary N) is 1. The van der Waals surface area contributed by atoms with Crippen LogP contribution in [0.1, 0.15) is 47.3 Å². The van der Waals surface area contributed by atoms with Gasteiger partial charge < -0.3 is 9.88 Å². The van der Waals surface area contributed by atoms with Crippen LogP contribution in [0.3, 0.4) is 0 Å². The number of sulfone groups is 1. The maximum Gasteiger partial charge on any atom is 0.272 e. The highest BCUT2D eigenvalue weighted by molar-refractivity contribution is 7.91. The predicted octanol–water partition coefficient (Wildman–Crippen LogP) is 4.32. The van der Waals surface area contributed by atoms with Crippen molar-refractivity contribution in [2.24, 2.45) is 0 Å². The van der Waals surface area contributed by atoms with E-state index in [2.05, 4.69) is 10.3 Å². The third-order valence-corrected chi connectivity index (χ3v) is 8.71. The molecule has 1 amide bonds. The average molecular weight is 481 g/mol. The van der Waals surface area contributed by atoms with Crippen LogP contribution in [0, 0.1) is 6.92 Å². The van der Waals surface area contributed by atoms with E-state index in [1.807, 2.05) is 72.3 Å². The Hall–Kier alpha value is -3.04. The lowest BCUT2D eigenvalue weighted by molar-refractivity contribution is 0.0936. The van der Waals surface area contributed by atoms with Gasteiger partial charge in [0.05, 0.1) is 39.7 Å². The lowest BCUT2D eigenvalue weighted by Crippen LogP contribution is -2.27. The molecule has 0 saturated carbocycles. The summed E-state index contributed by atoms with van der Waals surface area (Å²) in [5, 5.41) is 5.01. The molecule has 9 heteroatoms. The number of benzene rings is 1. The maximum atomic E-state index is 13.4. The summed E-state index contributed by atoms with van der Waals surface area (Å²) in [6, 6.07) is 15.2. The van der Waals surface area contributed by atoms with Gasteiger partial charge in [0, 0.05) is 0 Å². The second kappa shape index (κ2) is 8.39. The molecule has 1 fully saturated rings. The van der Waals surface area contributed by atoms with Crippen molar-refractivity contribution in [1.82, 2.24) is 19.9 Å². The molecule has 4 heterocycles. The van der Waals surface area contributed by atoms with Crippen LogP contribution in [0.2, 0.25) is 0 Å². The van der Waals surface area contributed by atoms with Gasteiger partial charge >= 0.3 is 0 Å². The summed E-state index contributed by atoms with van der Waals surface area (Å²) in [4.78, 5) is 23.7. The Morgan fingerprint density at radius 3 is 2.64 bits per heavy atom. The first-order chi connectivity index (χ1) is 15.8. The summed E-state index contributed by atoms with van der Waals surface area (Å²) in [7, 11) is -3.07. The highest BCUT2D eigenvalue weighted by Gasteiger charge is 2.32. The monoisotopic (exact) mass is 480 g/mol. The molecule has 0 bridgehead atoms. The number of aromatic nitrogens is 3. The summed E-state index contributed by atoms with van der Waals surface area (Å²) in [6.45, 7) is 3.78. The third-order valence-electron chi connectivity index (χ3n) is 6.06. The Morgan fingerprint density at radius 1 is 1.18 bits per heavy atom. The number of aryl methyl sites for hydroxylation is 1. The fraction of sp³-hybridized carbons (Fsp3) is 0.292. The summed E-state index contributed by atoms with van der Waals surface area (Å²) < 4.78 is 26.3. The van der Waals surface area contributed by atoms with E-state index in [0.29, 0.717) is 23.5 Å². The van der Waals surface area contributed by atoms with Gasteiger partial charge in [-0.1, -0.05) is 36.4 Å². The van der Waals surface area contributed by atoms with Crippen molar-refractivity contribution in [3.05, 3.63) is 71.0 Å². The van der Waals surface area contributed by atoms with E-state index in [4.69, 9.17) is 4.98 Å². The molecule has 7 nitrogen and oxygen atoms in total. The number of amides is 1. The molecule has 5 rings (SSSR count). The summed E-state index contributed by atoms with van der Waals surface area (Å²) >= 11 is 1.54. The van der Waals surface area contributed by atoms with Gasteiger partial charge in [-0.05, 0) is 43.3 Å². The van der Waals surface area contributed by atoms with E-state index in [0.717, 1.165) is 16.0 Å². The number of thiophene rings is 1. The van der Waals surface area contributed by atoms with E-state index >= 15 is 0 Å². The first-order valence-corrected chi connectivity index (χ1v) is 13.5. The highest BCUT2D eigenvalue weighted by atomic mass is 32.2. The van der Waals surface area contributed by atoms with Gasteiger partial charge in [0.15, 0.2) is 15.5 Å². The van der Waals surface area contributed by atoms with E-state index in [9.17, 15) is 13.2 Å². The smallest absolute Gasteiger partial charge is 0.272 e. The summed E-state index contributed by atoms with van der Waals surface area (Å²) in [5.41, 5.74) is 3.16. The third kappa shape index (κ3) is 4.18. The van der Waals surface area contributed by atoms with E-state index < -0.39 is 9.84 Å². The molecule has 0 aliphatic carbocycles. The van der Waals surface area contributed by atoms with Crippen molar-refractivity contribution >= 4 is 38.1 Å². The minimum absolute atomic E-state index is 0.0858. The van der Waals surface area contributed by atoms with Gasteiger partial charge in [-0.25, -0.2) is 18.4 Å². The number of pyridine rings is 1. The zero-order chi connectivity index (χ0) is 23.2. The molecule has 170 valence electrons. The molecule has 0 spiro atoms. The number of fused-ring (bicyclic) bond motifs is 1. The van der Waals surface area contributed by atoms with Crippen LogP contribution in [-0.4, -0.2) is 40.4 Å². The number of nitrogens with zero attached hydrogens (tertiary/aromatic N) is 3. The SMILES string of the molecule is Cc1nc2c(C(=O)NC(C)c3ccccc3)nc(-c3cccs3)cc2n1C1CCS(=O)(=O)C1. The maximum absolute atomic E-state index is 13.4. The van der Waals surface area contributed by atoms with Crippen LogP contribution < -0.4 is 5.32 Å². The van der Waals surface area contributed by atoms with Gasteiger partial charge in [0.1, 0.15) is 11.3 Å². The van der Waals surface area contributed by atoms with Crippen LogP contribution in [0.25, 0.3) is 21.6 Å². The van der Waals surface area contributed by atoms with Gasteiger partial charge in [0.2, 0.25) is 0 Å².